The largest absolute Gasteiger partial charge is 0.434 e. The summed E-state index contributed by atoms with van der Waals surface area (Å²) in [6.45, 7) is 9.57. The van der Waals surface area contributed by atoms with Crippen molar-refractivity contribution in [1.82, 2.24) is 25.0 Å². The molecule has 5 rings (SSSR count). The van der Waals surface area contributed by atoms with Crippen LogP contribution in [-0.2, 0) is 13.2 Å². The molecule has 0 bridgehead atoms. The number of alkyl halides is 3. The lowest BCUT2D eigenvalue weighted by atomic mass is 9.91. The highest BCUT2D eigenvalue weighted by Gasteiger charge is 2.44. The number of aromatic nitrogens is 3. The number of nitriles is 1. The number of hydrogen-bond donors (Lipinski definition) is 1. The van der Waals surface area contributed by atoms with Gasteiger partial charge in [0.05, 0.1) is 11.9 Å². The fourth-order valence-electron chi connectivity index (χ4n) is 6.09. The van der Waals surface area contributed by atoms with E-state index in [1.54, 1.807) is 6.07 Å². The lowest BCUT2D eigenvalue weighted by Gasteiger charge is -2.53. The van der Waals surface area contributed by atoms with Gasteiger partial charge in [0.2, 0.25) is 0 Å². The highest BCUT2D eigenvalue weighted by molar-refractivity contribution is 5.85. The Labute approximate surface area is 221 Å². The molecule has 3 aliphatic heterocycles. The molecule has 2 aromatic heterocycles. The van der Waals surface area contributed by atoms with E-state index in [2.05, 4.69) is 20.3 Å². The topological polar surface area (TPSA) is 76.2 Å². The second-order valence-electron chi connectivity index (χ2n) is 10.2. The number of nitrogens with one attached hydrogen (secondary N) is 1. The second kappa shape index (κ2) is 10.7. The van der Waals surface area contributed by atoms with Gasteiger partial charge in [-0.15, -0.1) is 12.4 Å². The van der Waals surface area contributed by atoms with Crippen molar-refractivity contribution in [3.05, 3.63) is 34.8 Å². The Bertz CT molecular complexity index is 1130. The number of piperidine rings is 1. The maximum atomic E-state index is 14.1. The normalized spacial score (nSPS) is 23.4. The Balaban J connectivity index is 0.00000320. The van der Waals surface area contributed by atoms with Gasteiger partial charge in [-0.25, -0.2) is 4.98 Å². The molecule has 202 valence electrons. The van der Waals surface area contributed by atoms with Crippen LogP contribution < -0.4 is 15.1 Å². The Morgan fingerprint density at radius 1 is 1.14 bits per heavy atom. The molecule has 1 N–H and O–H groups in total. The number of piperazine rings is 1. The molecule has 0 radical (unpaired) electrons. The molecule has 8 nitrogen and oxygen atoms in total. The molecule has 2 unspecified atom stereocenters. The number of hydrogen-bond acceptors (Lipinski definition) is 7. The van der Waals surface area contributed by atoms with Crippen molar-refractivity contribution in [3.63, 3.8) is 0 Å². The lowest BCUT2D eigenvalue weighted by Crippen LogP contribution is -2.68. The van der Waals surface area contributed by atoms with Gasteiger partial charge in [-0.1, -0.05) is 0 Å². The van der Waals surface area contributed by atoms with Gasteiger partial charge in [-0.2, -0.15) is 23.5 Å². The summed E-state index contributed by atoms with van der Waals surface area (Å²) in [6, 6.07) is 3.81. The maximum absolute atomic E-state index is 14.1. The van der Waals surface area contributed by atoms with E-state index in [0.29, 0.717) is 37.1 Å². The van der Waals surface area contributed by atoms with Crippen LogP contribution in [0.25, 0.3) is 0 Å². The quantitative estimate of drug-likeness (QED) is 0.640. The Morgan fingerprint density at radius 2 is 1.81 bits per heavy atom. The molecule has 0 aliphatic carbocycles. The second-order valence-corrected chi connectivity index (χ2v) is 10.2. The minimum Gasteiger partial charge on any atom is -0.364 e. The standard InChI is InChI=1S/C25H33F3N8.ClH/c1-16-14-31-33(3)23(16)18-4-8-35(9-5-18)22-12-20(19(13-29)24(32-22)25(26,27)28)36-15-21(17(36)2)34-10-6-30-7-11-34;/h12,14,17-18,21,30H,4-11,15H2,1-3H3;1H. The fraction of sp³-hybridized carbons (Fsp3) is 0.640. The number of halogens is 4. The molecule has 0 amide bonds. The third kappa shape index (κ3) is 5.11. The van der Waals surface area contributed by atoms with Crippen molar-refractivity contribution >= 4 is 23.9 Å². The first-order chi connectivity index (χ1) is 17.2. The molecule has 2 aromatic rings. The zero-order valence-corrected chi connectivity index (χ0v) is 22.2. The molecule has 0 spiro atoms. The van der Waals surface area contributed by atoms with Crippen molar-refractivity contribution in [3.8, 4) is 6.07 Å². The molecule has 2 atom stereocenters. The number of aryl methyl sites for hydroxylation is 2. The summed E-state index contributed by atoms with van der Waals surface area (Å²) in [5.41, 5.74) is 1.21. The van der Waals surface area contributed by atoms with Crippen molar-refractivity contribution < 1.29 is 13.2 Å². The summed E-state index contributed by atoms with van der Waals surface area (Å²) < 4.78 is 44.1. The summed E-state index contributed by atoms with van der Waals surface area (Å²) in [6.07, 6.45) is -1.23. The number of rotatable bonds is 4. The summed E-state index contributed by atoms with van der Waals surface area (Å²) in [4.78, 5) is 10.3. The molecule has 12 heteroatoms. The lowest BCUT2D eigenvalue weighted by molar-refractivity contribution is -0.141. The number of pyridine rings is 1. The fourth-order valence-corrected chi connectivity index (χ4v) is 6.09. The average Bonchev–Trinajstić information content (AvgIpc) is 3.20. The van der Waals surface area contributed by atoms with E-state index < -0.39 is 11.9 Å². The van der Waals surface area contributed by atoms with Crippen LogP contribution in [0.15, 0.2) is 12.3 Å². The van der Waals surface area contributed by atoms with Gasteiger partial charge in [0.1, 0.15) is 17.5 Å². The van der Waals surface area contributed by atoms with Crippen molar-refractivity contribution in [1.29, 1.82) is 5.26 Å². The van der Waals surface area contributed by atoms with Gasteiger partial charge >= 0.3 is 6.18 Å². The molecule has 37 heavy (non-hydrogen) atoms. The van der Waals surface area contributed by atoms with E-state index >= 15 is 0 Å². The Morgan fingerprint density at radius 3 is 2.35 bits per heavy atom. The molecule has 0 saturated carbocycles. The third-order valence-electron chi connectivity index (χ3n) is 8.11. The van der Waals surface area contributed by atoms with Gasteiger partial charge < -0.3 is 15.1 Å². The van der Waals surface area contributed by atoms with E-state index in [1.807, 2.05) is 47.6 Å². The number of nitrogens with zero attached hydrogens (tertiary/aromatic N) is 7. The predicted octanol–water partition coefficient (Wildman–Crippen LogP) is 3.30. The molecule has 3 aliphatic rings. The minimum atomic E-state index is -4.70. The van der Waals surface area contributed by atoms with Crippen LogP contribution in [-0.4, -0.2) is 77.6 Å². The molecule has 5 heterocycles. The molecule has 0 aromatic carbocycles. The van der Waals surface area contributed by atoms with Crippen LogP contribution in [0.2, 0.25) is 0 Å². The highest BCUT2D eigenvalue weighted by atomic mass is 35.5. The number of anilines is 2. The summed E-state index contributed by atoms with van der Waals surface area (Å²) in [7, 11) is 1.93. The first-order valence-electron chi connectivity index (χ1n) is 12.7. The summed E-state index contributed by atoms with van der Waals surface area (Å²) in [5, 5.41) is 17.4. The van der Waals surface area contributed by atoms with Crippen LogP contribution >= 0.6 is 12.4 Å². The van der Waals surface area contributed by atoms with Crippen LogP contribution in [0, 0.1) is 18.3 Å². The van der Waals surface area contributed by atoms with Crippen molar-refractivity contribution in [2.45, 2.75) is 50.9 Å². The van der Waals surface area contributed by atoms with Crippen LogP contribution in [0.3, 0.4) is 0 Å². The molecule has 3 fully saturated rings. The van der Waals surface area contributed by atoms with Gasteiger partial charge in [0.15, 0.2) is 5.69 Å². The Hall–Kier alpha value is -2.55. The molecule has 3 saturated heterocycles. The third-order valence-corrected chi connectivity index (χ3v) is 8.11. The highest BCUT2D eigenvalue weighted by Crippen LogP contribution is 2.41. The van der Waals surface area contributed by atoms with Crippen molar-refractivity contribution in [2.24, 2.45) is 7.05 Å². The predicted molar refractivity (Wildman–Crippen MR) is 138 cm³/mol. The first-order valence-corrected chi connectivity index (χ1v) is 12.7. The van der Waals surface area contributed by atoms with Gasteiger partial charge in [-0.05, 0) is 32.3 Å². The summed E-state index contributed by atoms with van der Waals surface area (Å²) >= 11 is 0. The zero-order chi connectivity index (χ0) is 25.6. The van der Waals surface area contributed by atoms with E-state index in [4.69, 9.17) is 0 Å². The summed E-state index contributed by atoms with van der Waals surface area (Å²) in [5.74, 6) is 0.609. The van der Waals surface area contributed by atoms with E-state index in [-0.39, 0.29) is 30.1 Å². The SMILES string of the molecule is Cc1cnn(C)c1C1CCN(c2cc(N3CC(N4CCNCC4)C3C)c(C#N)c(C(F)(F)F)n2)CC1.Cl. The monoisotopic (exact) mass is 538 g/mol. The first kappa shape index (κ1) is 27.5. The minimum absolute atomic E-state index is 0. The van der Waals surface area contributed by atoms with E-state index in [1.165, 1.54) is 5.69 Å². The van der Waals surface area contributed by atoms with Crippen LogP contribution in [0.1, 0.15) is 48.2 Å². The maximum Gasteiger partial charge on any atom is 0.434 e. The van der Waals surface area contributed by atoms with Gasteiger partial charge in [0.25, 0.3) is 0 Å². The molecular formula is C25H34ClF3N8. The van der Waals surface area contributed by atoms with Gasteiger partial charge in [0, 0.05) is 82.6 Å². The van der Waals surface area contributed by atoms with E-state index in [9.17, 15) is 18.4 Å². The van der Waals surface area contributed by atoms with E-state index in [0.717, 1.165) is 44.6 Å². The average molecular weight is 539 g/mol. The molecular weight excluding hydrogens is 505 g/mol. The van der Waals surface area contributed by atoms with Crippen molar-refractivity contribution in [2.75, 3.05) is 55.6 Å². The van der Waals surface area contributed by atoms with Crippen LogP contribution in [0.4, 0.5) is 24.7 Å². The smallest absolute Gasteiger partial charge is 0.364 e. The zero-order valence-electron chi connectivity index (χ0n) is 21.4. The van der Waals surface area contributed by atoms with Gasteiger partial charge in [-0.3, -0.25) is 9.58 Å². The van der Waals surface area contributed by atoms with Crippen LogP contribution in [0.5, 0.6) is 0 Å². The Kier molecular flexibility index (Phi) is 7.93.